The van der Waals surface area contributed by atoms with Crippen LogP contribution in [0.5, 0.6) is 0 Å². The van der Waals surface area contributed by atoms with Gasteiger partial charge in [0.1, 0.15) is 5.69 Å². The van der Waals surface area contributed by atoms with Crippen LogP contribution in [0.4, 0.5) is 5.69 Å². The molecule has 8 nitrogen and oxygen atoms in total. The number of amides is 1. The summed E-state index contributed by atoms with van der Waals surface area (Å²) in [7, 11) is 1.89. The number of aromatic nitrogens is 2. The molecule has 1 unspecified atom stereocenters. The van der Waals surface area contributed by atoms with E-state index < -0.39 is 4.92 Å². The molecule has 1 atom stereocenters. The van der Waals surface area contributed by atoms with Crippen molar-refractivity contribution in [3.63, 3.8) is 0 Å². The monoisotopic (exact) mass is 397 g/mol. The maximum atomic E-state index is 12.6. The van der Waals surface area contributed by atoms with E-state index in [1.54, 1.807) is 17.2 Å². The SMILES string of the molecule is CNCC1CCN(C(=O)c2ccn(-c3c(Cl)cc([N+](=O)[O-])cc3Cl)n2)C1. The summed E-state index contributed by atoms with van der Waals surface area (Å²) in [5.41, 5.74) is 0.368. The summed E-state index contributed by atoms with van der Waals surface area (Å²) in [5.74, 6) is 0.279. The average Bonchev–Trinajstić information content (AvgIpc) is 3.23. The summed E-state index contributed by atoms with van der Waals surface area (Å²) in [5, 5.41) is 18.4. The van der Waals surface area contributed by atoms with Crippen LogP contribution in [0.3, 0.4) is 0 Å². The lowest BCUT2D eigenvalue weighted by Gasteiger charge is -2.15. The van der Waals surface area contributed by atoms with Gasteiger partial charge in [0.15, 0.2) is 5.69 Å². The van der Waals surface area contributed by atoms with Crippen LogP contribution in [0.25, 0.3) is 5.69 Å². The number of hydrogen-bond acceptors (Lipinski definition) is 5. The molecule has 0 saturated carbocycles. The van der Waals surface area contributed by atoms with Crippen LogP contribution in [0.1, 0.15) is 16.9 Å². The Hall–Kier alpha value is -2.16. The number of likely N-dealkylation sites (tertiary alicyclic amines) is 1. The standard InChI is InChI=1S/C16H17Cl2N5O3/c1-19-8-10-2-4-21(9-10)16(24)14-3-5-22(20-14)15-12(17)6-11(23(25)26)7-13(15)18/h3,5-7,10,19H,2,4,8-9H2,1H3. The molecule has 2 heterocycles. The van der Waals surface area contributed by atoms with E-state index >= 15 is 0 Å². The first-order valence-corrected chi connectivity index (χ1v) is 8.79. The van der Waals surface area contributed by atoms with Gasteiger partial charge in [-0.25, -0.2) is 4.68 Å². The average molecular weight is 398 g/mol. The third-order valence-electron chi connectivity index (χ3n) is 4.32. The van der Waals surface area contributed by atoms with E-state index in [0.717, 1.165) is 13.0 Å². The molecule has 10 heteroatoms. The van der Waals surface area contributed by atoms with Gasteiger partial charge in [-0.2, -0.15) is 5.10 Å². The lowest BCUT2D eigenvalue weighted by molar-refractivity contribution is -0.384. The Balaban J connectivity index is 1.82. The van der Waals surface area contributed by atoms with Crippen LogP contribution in [0, 0.1) is 16.0 Å². The number of benzene rings is 1. The second-order valence-electron chi connectivity index (χ2n) is 6.12. The third kappa shape index (κ3) is 3.67. The third-order valence-corrected chi connectivity index (χ3v) is 4.89. The molecule has 1 aromatic carbocycles. The molecule has 138 valence electrons. The summed E-state index contributed by atoms with van der Waals surface area (Å²) >= 11 is 12.3. The minimum Gasteiger partial charge on any atom is -0.337 e. The zero-order chi connectivity index (χ0) is 18.8. The van der Waals surface area contributed by atoms with Crippen molar-refractivity contribution in [2.45, 2.75) is 6.42 Å². The number of hydrogen-bond donors (Lipinski definition) is 1. The van der Waals surface area contributed by atoms with E-state index in [9.17, 15) is 14.9 Å². The summed E-state index contributed by atoms with van der Waals surface area (Å²) in [4.78, 5) is 24.7. The number of nitrogens with one attached hydrogen (secondary N) is 1. The molecule has 26 heavy (non-hydrogen) atoms. The largest absolute Gasteiger partial charge is 0.337 e. The lowest BCUT2D eigenvalue weighted by atomic mass is 10.1. The molecule has 0 aliphatic carbocycles. The molecule has 0 bridgehead atoms. The number of nitrogens with zero attached hydrogens (tertiary/aromatic N) is 4. The highest BCUT2D eigenvalue weighted by Gasteiger charge is 2.28. The first kappa shape index (κ1) is 18.6. The lowest BCUT2D eigenvalue weighted by Crippen LogP contribution is -2.30. The van der Waals surface area contributed by atoms with E-state index in [4.69, 9.17) is 23.2 Å². The highest BCUT2D eigenvalue weighted by Crippen LogP contribution is 2.33. The normalized spacial score (nSPS) is 16.9. The van der Waals surface area contributed by atoms with Crippen molar-refractivity contribution in [2.24, 2.45) is 5.92 Å². The number of carbonyl (C=O) groups excluding carboxylic acids is 1. The van der Waals surface area contributed by atoms with Gasteiger partial charge in [-0.3, -0.25) is 14.9 Å². The molecular weight excluding hydrogens is 381 g/mol. The van der Waals surface area contributed by atoms with Crippen LogP contribution in [0.15, 0.2) is 24.4 Å². The maximum Gasteiger partial charge on any atom is 0.274 e. The molecule has 1 aliphatic heterocycles. The van der Waals surface area contributed by atoms with Gasteiger partial charge in [0.05, 0.1) is 15.0 Å². The molecule has 1 aromatic heterocycles. The minimum absolute atomic E-state index is 0.0848. The van der Waals surface area contributed by atoms with Gasteiger partial charge in [-0.1, -0.05) is 23.2 Å². The number of rotatable bonds is 5. The fourth-order valence-corrected chi connectivity index (χ4v) is 3.72. The van der Waals surface area contributed by atoms with Gasteiger partial charge in [-0.15, -0.1) is 0 Å². The zero-order valence-corrected chi connectivity index (χ0v) is 15.5. The summed E-state index contributed by atoms with van der Waals surface area (Å²) < 4.78 is 1.36. The molecule has 1 saturated heterocycles. The van der Waals surface area contributed by atoms with Gasteiger partial charge >= 0.3 is 0 Å². The Bertz CT molecular complexity index is 831. The highest BCUT2D eigenvalue weighted by atomic mass is 35.5. The Morgan fingerprint density at radius 1 is 1.42 bits per heavy atom. The smallest absolute Gasteiger partial charge is 0.274 e. The Morgan fingerprint density at radius 3 is 2.73 bits per heavy atom. The first-order chi connectivity index (χ1) is 12.4. The van der Waals surface area contributed by atoms with Gasteiger partial charge in [0, 0.05) is 31.4 Å². The van der Waals surface area contributed by atoms with Crippen molar-refractivity contribution in [2.75, 3.05) is 26.7 Å². The first-order valence-electron chi connectivity index (χ1n) is 8.04. The van der Waals surface area contributed by atoms with E-state index in [0.29, 0.717) is 24.7 Å². The van der Waals surface area contributed by atoms with Crippen molar-refractivity contribution in [3.05, 3.63) is 50.2 Å². The maximum absolute atomic E-state index is 12.6. The van der Waals surface area contributed by atoms with Crippen LogP contribution >= 0.6 is 23.2 Å². The van der Waals surface area contributed by atoms with Crippen LogP contribution in [-0.2, 0) is 0 Å². The van der Waals surface area contributed by atoms with Gasteiger partial charge in [0.25, 0.3) is 11.6 Å². The fourth-order valence-electron chi connectivity index (χ4n) is 3.07. The van der Waals surface area contributed by atoms with Crippen molar-refractivity contribution in [1.82, 2.24) is 20.0 Å². The molecule has 1 aliphatic rings. The zero-order valence-electron chi connectivity index (χ0n) is 14.0. The second-order valence-corrected chi connectivity index (χ2v) is 6.94. The van der Waals surface area contributed by atoms with Gasteiger partial charge in [0.2, 0.25) is 0 Å². The van der Waals surface area contributed by atoms with E-state index in [-0.39, 0.29) is 27.3 Å². The van der Waals surface area contributed by atoms with Gasteiger partial charge < -0.3 is 10.2 Å². The predicted molar refractivity (Wildman–Crippen MR) is 98.2 cm³/mol. The predicted octanol–water partition coefficient (Wildman–Crippen LogP) is 2.77. The number of carbonyl (C=O) groups is 1. The Labute approximate surface area is 159 Å². The molecule has 1 amide bonds. The van der Waals surface area contributed by atoms with E-state index in [1.165, 1.54) is 16.8 Å². The minimum atomic E-state index is -0.575. The number of halogens is 2. The second kappa shape index (κ2) is 7.61. The molecule has 0 radical (unpaired) electrons. The molecule has 1 N–H and O–H groups in total. The fraction of sp³-hybridized carbons (Fsp3) is 0.375. The Kier molecular flexibility index (Phi) is 5.45. The summed E-state index contributed by atoms with van der Waals surface area (Å²) in [6.07, 6.45) is 2.51. The van der Waals surface area contributed by atoms with Crippen LogP contribution in [-0.4, -0.2) is 52.2 Å². The number of non-ortho nitro benzene ring substituents is 1. The summed E-state index contributed by atoms with van der Waals surface area (Å²) in [6, 6.07) is 3.99. The molecule has 3 rings (SSSR count). The Morgan fingerprint density at radius 2 is 2.12 bits per heavy atom. The van der Waals surface area contributed by atoms with Gasteiger partial charge in [-0.05, 0) is 32.0 Å². The van der Waals surface area contributed by atoms with Crippen molar-refractivity contribution in [1.29, 1.82) is 0 Å². The number of nitro groups is 1. The topological polar surface area (TPSA) is 93.3 Å². The van der Waals surface area contributed by atoms with Crippen molar-refractivity contribution in [3.8, 4) is 5.69 Å². The van der Waals surface area contributed by atoms with E-state index in [2.05, 4.69) is 10.4 Å². The molecule has 2 aromatic rings. The number of nitro benzene ring substituents is 1. The molecular formula is C16H17Cl2N5O3. The molecule has 0 spiro atoms. The van der Waals surface area contributed by atoms with Crippen molar-refractivity contribution < 1.29 is 9.72 Å². The van der Waals surface area contributed by atoms with Crippen molar-refractivity contribution >= 4 is 34.8 Å². The van der Waals surface area contributed by atoms with Crippen LogP contribution in [0.2, 0.25) is 10.0 Å². The quantitative estimate of drug-likeness (QED) is 0.618. The summed E-state index contributed by atoms with van der Waals surface area (Å²) in [6.45, 7) is 2.24. The highest BCUT2D eigenvalue weighted by molar-refractivity contribution is 6.38. The van der Waals surface area contributed by atoms with Crippen LogP contribution < -0.4 is 5.32 Å². The molecule has 1 fully saturated rings. The van der Waals surface area contributed by atoms with E-state index in [1.807, 2.05) is 7.05 Å².